The van der Waals surface area contributed by atoms with E-state index < -0.39 is 0 Å². The Morgan fingerprint density at radius 2 is 2.17 bits per heavy atom. The summed E-state index contributed by atoms with van der Waals surface area (Å²) in [5.74, 6) is -0.309. The Labute approximate surface area is 106 Å². The van der Waals surface area contributed by atoms with E-state index in [9.17, 15) is 4.79 Å². The van der Waals surface area contributed by atoms with Crippen LogP contribution < -0.4 is 0 Å². The number of carbonyl (C=O) groups excluding carboxylic acids is 1. The van der Waals surface area contributed by atoms with Crippen molar-refractivity contribution < 1.29 is 14.3 Å². The number of fused-ring (bicyclic) bond motifs is 1. The van der Waals surface area contributed by atoms with Gasteiger partial charge in [0.25, 0.3) is 0 Å². The standard InChI is InChI=1S/C14H17NO3/c1-10(9-17-3)18-14(16)12-5-4-6-13-11(12)7-8-15(13)2/h4-8,10H,9H2,1-3H3. The first kappa shape index (κ1) is 12.6. The molecule has 0 radical (unpaired) electrons. The molecule has 0 aliphatic heterocycles. The maximum Gasteiger partial charge on any atom is 0.339 e. The summed E-state index contributed by atoms with van der Waals surface area (Å²) >= 11 is 0. The zero-order valence-electron chi connectivity index (χ0n) is 10.8. The molecule has 18 heavy (non-hydrogen) atoms. The third-order valence-corrected chi connectivity index (χ3v) is 2.86. The first-order valence-electron chi connectivity index (χ1n) is 5.87. The monoisotopic (exact) mass is 247 g/mol. The van der Waals surface area contributed by atoms with Crippen LogP contribution in [0.25, 0.3) is 10.9 Å². The van der Waals surface area contributed by atoms with Crippen LogP contribution in [0, 0.1) is 0 Å². The first-order chi connectivity index (χ1) is 8.63. The molecular weight excluding hydrogens is 230 g/mol. The smallest absolute Gasteiger partial charge is 0.339 e. The van der Waals surface area contributed by atoms with E-state index in [0.717, 1.165) is 10.9 Å². The van der Waals surface area contributed by atoms with Crippen LogP contribution in [-0.2, 0) is 16.5 Å². The number of rotatable bonds is 4. The van der Waals surface area contributed by atoms with E-state index in [1.54, 1.807) is 13.2 Å². The fourth-order valence-electron chi connectivity index (χ4n) is 2.00. The summed E-state index contributed by atoms with van der Waals surface area (Å²) in [6, 6.07) is 7.54. The molecule has 4 heteroatoms. The highest BCUT2D eigenvalue weighted by atomic mass is 16.6. The molecule has 2 aromatic rings. The van der Waals surface area contributed by atoms with Crippen LogP contribution in [0.5, 0.6) is 0 Å². The molecule has 0 saturated heterocycles. The molecule has 0 N–H and O–H groups in total. The lowest BCUT2D eigenvalue weighted by Crippen LogP contribution is -2.19. The maximum atomic E-state index is 12.1. The van der Waals surface area contributed by atoms with Gasteiger partial charge in [0.15, 0.2) is 0 Å². The van der Waals surface area contributed by atoms with E-state index in [1.807, 2.05) is 42.9 Å². The number of methoxy groups -OCH3 is 1. The van der Waals surface area contributed by atoms with Crippen molar-refractivity contribution in [3.05, 3.63) is 36.0 Å². The third-order valence-electron chi connectivity index (χ3n) is 2.86. The third kappa shape index (κ3) is 2.38. The minimum absolute atomic E-state index is 0.249. The molecule has 0 amide bonds. The highest BCUT2D eigenvalue weighted by molar-refractivity contribution is 6.03. The summed E-state index contributed by atoms with van der Waals surface area (Å²) in [6.07, 6.45) is 1.68. The van der Waals surface area contributed by atoms with Gasteiger partial charge in [-0.2, -0.15) is 0 Å². The van der Waals surface area contributed by atoms with Crippen LogP contribution in [0.15, 0.2) is 30.5 Å². The summed E-state index contributed by atoms with van der Waals surface area (Å²) in [6.45, 7) is 2.21. The Balaban J connectivity index is 2.28. The molecule has 0 bridgehead atoms. The van der Waals surface area contributed by atoms with Crippen molar-refractivity contribution in [2.75, 3.05) is 13.7 Å². The molecule has 0 fully saturated rings. The summed E-state index contributed by atoms with van der Waals surface area (Å²) in [5, 5.41) is 0.912. The number of benzene rings is 1. The van der Waals surface area contributed by atoms with Crippen molar-refractivity contribution in [3.63, 3.8) is 0 Å². The molecule has 96 valence electrons. The second kappa shape index (κ2) is 5.23. The zero-order chi connectivity index (χ0) is 13.1. The quantitative estimate of drug-likeness (QED) is 0.779. The lowest BCUT2D eigenvalue weighted by atomic mass is 10.1. The highest BCUT2D eigenvalue weighted by Gasteiger charge is 2.15. The molecule has 0 aliphatic rings. The first-order valence-corrected chi connectivity index (χ1v) is 5.87. The normalized spacial score (nSPS) is 12.6. The van der Waals surface area contributed by atoms with Gasteiger partial charge in [-0.15, -0.1) is 0 Å². The minimum atomic E-state index is -0.309. The molecule has 1 aromatic heterocycles. The summed E-state index contributed by atoms with van der Waals surface area (Å²) in [7, 11) is 3.53. The Bertz CT molecular complexity index is 559. The summed E-state index contributed by atoms with van der Waals surface area (Å²) < 4.78 is 12.2. The average molecular weight is 247 g/mol. The lowest BCUT2D eigenvalue weighted by Gasteiger charge is -2.12. The number of aromatic nitrogens is 1. The van der Waals surface area contributed by atoms with Crippen molar-refractivity contribution in [2.24, 2.45) is 7.05 Å². The fraction of sp³-hybridized carbons (Fsp3) is 0.357. The SMILES string of the molecule is COCC(C)OC(=O)c1cccc2c1ccn2C. The van der Waals surface area contributed by atoms with Gasteiger partial charge in [-0.3, -0.25) is 0 Å². The van der Waals surface area contributed by atoms with Crippen molar-refractivity contribution in [3.8, 4) is 0 Å². The van der Waals surface area contributed by atoms with Crippen LogP contribution in [0.4, 0.5) is 0 Å². The van der Waals surface area contributed by atoms with E-state index in [1.165, 1.54) is 0 Å². The Hall–Kier alpha value is -1.81. The van der Waals surface area contributed by atoms with Gasteiger partial charge in [-0.25, -0.2) is 4.79 Å². The summed E-state index contributed by atoms with van der Waals surface area (Å²) in [4.78, 5) is 12.1. The van der Waals surface area contributed by atoms with E-state index >= 15 is 0 Å². The number of aryl methyl sites for hydroxylation is 1. The topological polar surface area (TPSA) is 40.5 Å². The van der Waals surface area contributed by atoms with E-state index in [0.29, 0.717) is 12.2 Å². The molecule has 2 rings (SSSR count). The largest absolute Gasteiger partial charge is 0.457 e. The molecule has 4 nitrogen and oxygen atoms in total. The maximum absolute atomic E-state index is 12.1. The minimum Gasteiger partial charge on any atom is -0.457 e. The number of nitrogens with zero attached hydrogens (tertiary/aromatic N) is 1. The Kier molecular flexibility index (Phi) is 3.67. The Morgan fingerprint density at radius 1 is 1.39 bits per heavy atom. The van der Waals surface area contributed by atoms with Gasteiger partial charge < -0.3 is 14.0 Å². The number of esters is 1. The molecule has 0 spiro atoms. The van der Waals surface area contributed by atoms with Crippen LogP contribution in [0.2, 0.25) is 0 Å². The molecule has 1 aromatic carbocycles. The van der Waals surface area contributed by atoms with Gasteiger partial charge in [0, 0.05) is 31.3 Å². The van der Waals surface area contributed by atoms with Crippen LogP contribution >= 0.6 is 0 Å². The van der Waals surface area contributed by atoms with Crippen LogP contribution in [0.1, 0.15) is 17.3 Å². The highest BCUT2D eigenvalue weighted by Crippen LogP contribution is 2.20. The van der Waals surface area contributed by atoms with Crippen molar-refractivity contribution in [2.45, 2.75) is 13.0 Å². The zero-order valence-corrected chi connectivity index (χ0v) is 10.8. The number of hydrogen-bond acceptors (Lipinski definition) is 3. The second-order valence-electron chi connectivity index (χ2n) is 4.34. The van der Waals surface area contributed by atoms with E-state index in [2.05, 4.69) is 0 Å². The van der Waals surface area contributed by atoms with Crippen LogP contribution in [0.3, 0.4) is 0 Å². The predicted molar refractivity (Wildman–Crippen MR) is 69.7 cm³/mol. The molecule has 1 heterocycles. The average Bonchev–Trinajstić information content (AvgIpc) is 2.71. The molecule has 1 unspecified atom stereocenters. The van der Waals surface area contributed by atoms with Crippen LogP contribution in [-0.4, -0.2) is 30.4 Å². The fourth-order valence-corrected chi connectivity index (χ4v) is 2.00. The molecule has 1 atom stereocenters. The van der Waals surface area contributed by atoms with Gasteiger partial charge in [-0.1, -0.05) is 6.07 Å². The number of ether oxygens (including phenoxy) is 2. The van der Waals surface area contributed by atoms with Gasteiger partial charge >= 0.3 is 5.97 Å². The lowest BCUT2D eigenvalue weighted by molar-refractivity contribution is 0.0122. The molecule has 0 aliphatic carbocycles. The van der Waals surface area contributed by atoms with E-state index in [4.69, 9.17) is 9.47 Å². The van der Waals surface area contributed by atoms with Crippen molar-refractivity contribution in [1.82, 2.24) is 4.57 Å². The van der Waals surface area contributed by atoms with Gasteiger partial charge in [0.2, 0.25) is 0 Å². The van der Waals surface area contributed by atoms with Gasteiger partial charge in [0.05, 0.1) is 12.2 Å². The van der Waals surface area contributed by atoms with Gasteiger partial charge in [0.1, 0.15) is 6.10 Å². The van der Waals surface area contributed by atoms with E-state index in [-0.39, 0.29) is 12.1 Å². The second-order valence-corrected chi connectivity index (χ2v) is 4.34. The molecular formula is C14H17NO3. The Morgan fingerprint density at radius 3 is 2.89 bits per heavy atom. The predicted octanol–water partition coefficient (Wildman–Crippen LogP) is 2.37. The number of hydrogen-bond donors (Lipinski definition) is 0. The van der Waals surface area contributed by atoms with Gasteiger partial charge in [-0.05, 0) is 25.1 Å². The van der Waals surface area contributed by atoms with Crippen molar-refractivity contribution in [1.29, 1.82) is 0 Å². The summed E-state index contributed by atoms with van der Waals surface area (Å²) in [5.41, 5.74) is 1.61. The van der Waals surface area contributed by atoms with Crippen molar-refractivity contribution >= 4 is 16.9 Å². The number of carbonyl (C=O) groups is 1. The molecule has 0 saturated carbocycles.